The molecule has 0 fully saturated rings. The van der Waals surface area contributed by atoms with Gasteiger partial charge in [0.15, 0.2) is 0 Å². The van der Waals surface area contributed by atoms with Crippen molar-refractivity contribution in [1.29, 1.82) is 0 Å². The number of ether oxygens (including phenoxy) is 1. The smallest absolute Gasteiger partial charge is 0.264 e. The second kappa shape index (κ2) is 17.4. The highest BCUT2D eigenvalue weighted by Gasteiger charge is 2.36. The molecule has 0 aromatic heterocycles. The number of para-hydroxylation sites is 2. The van der Waals surface area contributed by atoms with Gasteiger partial charge in [0.1, 0.15) is 18.3 Å². The normalized spacial score (nSPS) is 12.5. The number of nitrogens with one attached hydrogen (secondary N) is 1. The quantitative estimate of drug-likeness (QED) is 0.124. The third-order valence-corrected chi connectivity index (χ3v) is 10.6. The number of hydrogen-bond acceptors (Lipinski definition) is 6. The standard InChI is InChI=1S/C37H42ClN3O5S2/c1-5-27(3)39-37(43)34(24-28-13-8-7-9-14-28)40(25-29-15-12-16-30(38)23-29)36(42)26-41(33-17-10-11-18-35(33)46-6-2)48(44,45)32-21-19-31(47-4)20-22-32/h7-23,27,34H,5-6,24-26H2,1-4H3,(H,39,43)/t27-,34-/m0/s1. The van der Waals surface area contributed by atoms with Crippen LogP contribution in [0.1, 0.15) is 38.3 Å². The largest absolute Gasteiger partial charge is 0.492 e. The minimum Gasteiger partial charge on any atom is -0.492 e. The lowest BCUT2D eigenvalue weighted by Crippen LogP contribution is -2.54. The van der Waals surface area contributed by atoms with E-state index < -0.39 is 28.5 Å². The number of carbonyl (C=O) groups excluding carboxylic acids is 2. The minimum absolute atomic E-state index is 0.0221. The molecule has 0 aliphatic rings. The lowest BCUT2D eigenvalue weighted by molar-refractivity contribution is -0.140. The van der Waals surface area contributed by atoms with Crippen molar-refractivity contribution in [3.05, 3.63) is 119 Å². The van der Waals surface area contributed by atoms with Gasteiger partial charge in [0.05, 0.1) is 17.2 Å². The van der Waals surface area contributed by atoms with Crippen molar-refractivity contribution in [2.75, 3.05) is 23.7 Å². The fourth-order valence-corrected chi connectivity index (χ4v) is 7.20. The van der Waals surface area contributed by atoms with E-state index in [1.807, 2.05) is 56.5 Å². The number of carbonyl (C=O) groups is 2. The highest BCUT2D eigenvalue weighted by Crippen LogP contribution is 2.33. The minimum atomic E-state index is -4.28. The molecule has 0 saturated heterocycles. The summed E-state index contributed by atoms with van der Waals surface area (Å²) in [5.74, 6) is -0.583. The first kappa shape index (κ1) is 36.8. The van der Waals surface area contributed by atoms with Crippen LogP contribution in [0.4, 0.5) is 5.69 Å². The number of nitrogens with zero attached hydrogens (tertiary/aromatic N) is 2. The Morgan fingerprint density at radius 3 is 2.21 bits per heavy atom. The summed E-state index contributed by atoms with van der Waals surface area (Å²) < 4.78 is 35.8. The van der Waals surface area contributed by atoms with E-state index in [1.54, 1.807) is 61.5 Å². The number of halogens is 1. The fraction of sp³-hybridized carbons (Fsp3) is 0.297. The lowest BCUT2D eigenvalue weighted by Gasteiger charge is -2.34. The number of anilines is 1. The molecule has 1 N–H and O–H groups in total. The van der Waals surface area contributed by atoms with Crippen molar-refractivity contribution in [3.8, 4) is 5.75 Å². The van der Waals surface area contributed by atoms with E-state index in [2.05, 4.69) is 5.32 Å². The first-order valence-corrected chi connectivity index (χ1v) is 18.9. The van der Waals surface area contributed by atoms with E-state index in [0.717, 1.165) is 14.8 Å². The SMILES string of the molecule is CCOc1ccccc1N(CC(=O)N(Cc1cccc(Cl)c1)[C@@H](Cc1ccccc1)C(=O)N[C@@H](C)CC)S(=O)(=O)c1ccc(SC)cc1. The zero-order chi connectivity index (χ0) is 34.7. The van der Waals surface area contributed by atoms with Gasteiger partial charge in [-0.1, -0.05) is 73.1 Å². The van der Waals surface area contributed by atoms with Gasteiger partial charge in [-0.3, -0.25) is 13.9 Å². The Labute approximate surface area is 293 Å². The third kappa shape index (κ3) is 9.55. The van der Waals surface area contributed by atoms with Crippen LogP contribution in [0.2, 0.25) is 5.02 Å². The molecule has 48 heavy (non-hydrogen) atoms. The summed E-state index contributed by atoms with van der Waals surface area (Å²) in [4.78, 5) is 31.1. The first-order valence-electron chi connectivity index (χ1n) is 15.8. The Kier molecular flexibility index (Phi) is 13.4. The van der Waals surface area contributed by atoms with E-state index in [9.17, 15) is 18.0 Å². The molecule has 254 valence electrons. The summed E-state index contributed by atoms with van der Waals surface area (Å²) in [6.07, 6.45) is 2.82. The number of rotatable bonds is 16. The number of amides is 2. The highest BCUT2D eigenvalue weighted by atomic mass is 35.5. The topological polar surface area (TPSA) is 96.0 Å². The number of benzene rings is 4. The average molecular weight is 708 g/mol. The molecule has 0 saturated carbocycles. The van der Waals surface area contributed by atoms with Gasteiger partial charge in [0, 0.05) is 28.9 Å². The maximum Gasteiger partial charge on any atom is 0.264 e. The molecule has 11 heteroatoms. The van der Waals surface area contributed by atoms with E-state index in [1.165, 1.54) is 28.8 Å². The van der Waals surface area contributed by atoms with E-state index in [-0.39, 0.29) is 42.1 Å². The predicted octanol–water partition coefficient (Wildman–Crippen LogP) is 7.21. The molecule has 0 spiro atoms. The van der Waals surface area contributed by atoms with Crippen LogP contribution in [-0.2, 0) is 32.6 Å². The lowest BCUT2D eigenvalue weighted by atomic mass is 10.0. The van der Waals surface area contributed by atoms with Crippen LogP contribution in [0.15, 0.2) is 113 Å². The van der Waals surface area contributed by atoms with Crippen molar-refractivity contribution in [2.45, 2.75) is 62.0 Å². The second-order valence-corrected chi connectivity index (χ2v) is 14.4. The van der Waals surface area contributed by atoms with Crippen molar-refractivity contribution >= 4 is 50.9 Å². The zero-order valence-electron chi connectivity index (χ0n) is 27.6. The van der Waals surface area contributed by atoms with E-state index in [0.29, 0.717) is 22.8 Å². The Hall–Kier alpha value is -3.99. The Bertz CT molecular complexity index is 1770. The third-order valence-electron chi connectivity index (χ3n) is 7.87. The number of hydrogen-bond donors (Lipinski definition) is 1. The summed E-state index contributed by atoms with van der Waals surface area (Å²) in [5.41, 5.74) is 1.76. The van der Waals surface area contributed by atoms with Gasteiger partial charge in [0.25, 0.3) is 10.0 Å². The molecule has 0 radical (unpaired) electrons. The van der Waals surface area contributed by atoms with Gasteiger partial charge in [0.2, 0.25) is 11.8 Å². The maximum atomic E-state index is 14.7. The molecule has 4 rings (SSSR count). The Morgan fingerprint density at radius 1 is 0.896 bits per heavy atom. The van der Waals surface area contributed by atoms with Crippen molar-refractivity contribution in [3.63, 3.8) is 0 Å². The van der Waals surface area contributed by atoms with Crippen molar-refractivity contribution < 1.29 is 22.7 Å². The molecule has 0 aliphatic heterocycles. The van der Waals surface area contributed by atoms with Gasteiger partial charge in [-0.05, 0) is 86.2 Å². The monoisotopic (exact) mass is 707 g/mol. The van der Waals surface area contributed by atoms with Crippen LogP contribution in [0, 0.1) is 0 Å². The zero-order valence-corrected chi connectivity index (χ0v) is 30.0. The molecule has 0 bridgehead atoms. The molecule has 0 heterocycles. The maximum absolute atomic E-state index is 14.7. The molecular formula is C37H42ClN3O5S2. The number of thioether (sulfide) groups is 1. The molecule has 2 atom stereocenters. The Morgan fingerprint density at radius 2 is 1.56 bits per heavy atom. The summed E-state index contributed by atoms with van der Waals surface area (Å²) in [5, 5.41) is 3.53. The molecule has 8 nitrogen and oxygen atoms in total. The summed E-state index contributed by atoms with van der Waals surface area (Å²) in [6.45, 7) is 5.40. The molecule has 4 aromatic carbocycles. The number of sulfonamides is 1. The van der Waals surface area contributed by atoms with Crippen molar-refractivity contribution in [2.24, 2.45) is 0 Å². The molecule has 4 aromatic rings. The second-order valence-electron chi connectivity index (χ2n) is 11.3. The van der Waals surface area contributed by atoms with Crippen LogP contribution >= 0.6 is 23.4 Å². The molecule has 0 unspecified atom stereocenters. The molecule has 2 amide bonds. The van der Waals surface area contributed by atoms with Gasteiger partial charge in [-0.25, -0.2) is 8.42 Å². The van der Waals surface area contributed by atoms with E-state index >= 15 is 0 Å². The van der Waals surface area contributed by atoms with Gasteiger partial charge < -0.3 is 15.0 Å². The van der Waals surface area contributed by atoms with E-state index in [4.69, 9.17) is 16.3 Å². The summed E-state index contributed by atoms with van der Waals surface area (Å²) in [6, 6.07) is 28.7. The van der Waals surface area contributed by atoms with Crippen LogP contribution in [0.5, 0.6) is 5.75 Å². The average Bonchev–Trinajstić information content (AvgIpc) is 3.09. The van der Waals surface area contributed by atoms with Gasteiger partial charge >= 0.3 is 0 Å². The Balaban J connectivity index is 1.85. The summed E-state index contributed by atoms with van der Waals surface area (Å²) in [7, 11) is -4.28. The van der Waals surface area contributed by atoms with Crippen LogP contribution in [0.3, 0.4) is 0 Å². The van der Waals surface area contributed by atoms with Crippen molar-refractivity contribution in [1.82, 2.24) is 10.2 Å². The van der Waals surface area contributed by atoms with Crippen LogP contribution in [-0.4, -0.2) is 56.6 Å². The van der Waals surface area contributed by atoms with Crippen LogP contribution < -0.4 is 14.4 Å². The first-order chi connectivity index (χ1) is 23.1. The molecular weight excluding hydrogens is 666 g/mol. The summed E-state index contributed by atoms with van der Waals surface area (Å²) >= 11 is 7.84. The highest BCUT2D eigenvalue weighted by molar-refractivity contribution is 7.98. The van der Waals surface area contributed by atoms with Gasteiger partial charge in [-0.15, -0.1) is 11.8 Å². The predicted molar refractivity (Wildman–Crippen MR) is 194 cm³/mol. The fourth-order valence-electron chi connectivity index (χ4n) is 5.16. The van der Waals surface area contributed by atoms with Crippen LogP contribution in [0.25, 0.3) is 0 Å². The molecule has 0 aliphatic carbocycles. The van der Waals surface area contributed by atoms with Gasteiger partial charge in [-0.2, -0.15) is 0 Å².